The summed E-state index contributed by atoms with van der Waals surface area (Å²) in [5.74, 6) is 1.70. The Morgan fingerprint density at radius 1 is 1.00 bits per heavy atom. The van der Waals surface area contributed by atoms with Gasteiger partial charge in [-0.2, -0.15) is 0 Å². The van der Waals surface area contributed by atoms with Crippen LogP contribution in [0.15, 0.2) is 24.3 Å². The number of benzene rings is 1. The lowest BCUT2D eigenvalue weighted by molar-refractivity contribution is 0.0545. The molecule has 1 aromatic rings. The number of hydrogen-bond donors (Lipinski definition) is 0. The minimum absolute atomic E-state index is 0.665. The van der Waals surface area contributed by atoms with Crippen LogP contribution in [0.3, 0.4) is 0 Å². The van der Waals surface area contributed by atoms with Crippen LogP contribution in [0.25, 0.3) is 0 Å². The largest absolute Gasteiger partial charge is 0.490 e. The maximum Gasteiger partial charge on any atom is 0.161 e. The summed E-state index contributed by atoms with van der Waals surface area (Å²) in [5.41, 5.74) is 0. The molecule has 2 heterocycles. The second-order valence-electron chi connectivity index (χ2n) is 7.16. The van der Waals surface area contributed by atoms with E-state index < -0.39 is 0 Å². The summed E-state index contributed by atoms with van der Waals surface area (Å²) in [5, 5.41) is 0. The van der Waals surface area contributed by atoms with Crippen molar-refractivity contribution in [3.8, 4) is 11.5 Å². The summed E-state index contributed by atoms with van der Waals surface area (Å²) in [6, 6.07) is 8.70. The van der Waals surface area contributed by atoms with Gasteiger partial charge >= 0.3 is 0 Å². The van der Waals surface area contributed by atoms with Gasteiger partial charge in [0, 0.05) is 45.3 Å². The average Bonchev–Trinajstić information content (AvgIpc) is 2.64. The molecule has 0 N–H and O–H groups in total. The molecule has 140 valence electrons. The first-order chi connectivity index (χ1) is 12.3. The summed E-state index contributed by atoms with van der Waals surface area (Å²) in [6.45, 7) is 11.5. The van der Waals surface area contributed by atoms with Gasteiger partial charge in [0.05, 0.1) is 6.61 Å². The van der Waals surface area contributed by atoms with Crippen molar-refractivity contribution in [2.75, 3.05) is 66.1 Å². The van der Waals surface area contributed by atoms with Gasteiger partial charge in [0.2, 0.25) is 0 Å². The third-order valence-corrected chi connectivity index (χ3v) is 5.34. The molecule has 2 saturated heterocycles. The number of para-hydroxylation sites is 2. The van der Waals surface area contributed by atoms with Crippen molar-refractivity contribution >= 4 is 0 Å². The number of nitrogens with zero attached hydrogens (tertiary/aromatic N) is 3. The normalized spacial score (nSPS) is 23.5. The van der Waals surface area contributed by atoms with Crippen LogP contribution in [0.4, 0.5) is 0 Å². The Kier molecular flexibility index (Phi) is 6.96. The highest BCUT2D eigenvalue weighted by molar-refractivity contribution is 5.39. The summed E-state index contributed by atoms with van der Waals surface area (Å²) < 4.78 is 11.6. The van der Waals surface area contributed by atoms with E-state index in [1.54, 1.807) is 0 Å². The van der Waals surface area contributed by atoms with Crippen molar-refractivity contribution in [1.82, 2.24) is 14.7 Å². The van der Waals surface area contributed by atoms with Gasteiger partial charge in [0.15, 0.2) is 11.5 Å². The number of likely N-dealkylation sites (tertiary alicyclic amines) is 1. The van der Waals surface area contributed by atoms with Crippen molar-refractivity contribution in [1.29, 1.82) is 0 Å². The Morgan fingerprint density at radius 3 is 2.40 bits per heavy atom. The van der Waals surface area contributed by atoms with Crippen LogP contribution in [0.1, 0.15) is 19.8 Å². The maximum absolute atomic E-state index is 5.96. The van der Waals surface area contributed by atoms with Crippen LogP contribution in [-0.4, -0.2) is 86.8 Å². The minimum atomic E-state index is 0.665. The lowest BCUT2D eigenvalue weighted by Crippen LogP contribution is -2.54. The van der Waals surface area contributed by atoms with Crippen molar-refractivity contribution in [3.05, 3.63) is 24.3 Å². The zero-order valence-corrected chi connectivity index (χ0v) is 15.8. The predicted molar refractivity (Wildman–Crippen MR) is 102 cm³/mol. The van der Waals surface area contributed by atoms with Gasteiger partial charge in [-0.15, -0.1) is 0 Å². The number of ether oxygens (including phenoxy) is 2. The van der Waals surface area contributed by atoms with Crippen molar-refractivity contribution < 1.29 is 9.47 Å². The topological polar surface area (TPSA) is 28.2 Å². The molecule has 5 heteroatoms. The summed E-state index contributed by atoms with van der Waals surface area (Å²) in [4.78, 5) is 7.69. The van der Waals surface area contributed by atoms with E-state index in [0.29, 0.717) is 6.61 Å². The van der Waals surface area contributed by atoms with Crippen LogP contribution in [0, 0.1) is 0 Å². The minimum Gasteiger partial charge on any atom is -0.490 e. The second kappa shape index (κ2) is 9.41. The molecule has 2 aliphatic rings. The molecule has 1 unspecified atom stereocenters. The van der Waals surface area contributed by atoms with E-state index in [0.717, 1.165) is 43.8 Å². The van der Waals surface area contributed by atoms with Gasteiger partial charge in [-0.05, 0) is 45.5 Å². The third-order valence-electron chi connectivity index (χ3n) is 5.34. The molecule has 0 radical (unpaired) electrons. The van der Waals surface area contributed by atoms with Gasteiger partial charge in [-0.25, -0.2) is 0 Å². The Balaban J connectivity index is 1.38. The molecule has 0 aromatic heterocycles. The Labute approximate surface area is 152 Å². The van der Waals surface area contributed by atoms with Crippen molar-refractivity contribution in [3.63, 3.8) is 0 Å². The molecular weight excluding hydrogens is 314 g/mol. The Morgan fingerprint density at radius 2 is 1.72 bits per heavy atom. The van der Waals surface area contributed by atoms with E-state index in [9.17, 15) is 0 Å². The highest BCUT2D eigenvalue weighted by Crippen LogP contribution is 2.26. The molecule has 25 heavy (non-hydrogen) atoms. The van der Waals surface area contributed by atoms with Crippen molar-refractivity contribution in [2.45, 2.75) is 25.8 Å². The number of hydrogen-bond acceptors (Lipinski definition) is 5. The van der Waals surface area contributed by atoms with E-state index in [-0.39, 0.29) is 0 Å². The van der Waals surface area contributed by atoms with Gasteiger partial charge in [-0.3, -0.25) is 9.80 Å². The molecule has 0 bridgehead atoms. The van der Waals surface area contributed by atoms with E-state index in [1.165, 1.54) is 39.0 Å². The van der Waals surface area contributed by atoms with E-state index in [4.69, 9.17) is 9.47 Å². The summed E-state index contributed by atoms with van der Waals surface area (Å²) in [6.07, 6.45) is 2.70. The first-order valence-electron chi connectivity index (χ1n) is 9.76. The van der Waals surface area contributed by atoms with Gasteiger partial charge in [0.25, 0.3) is 0 Å². The number of likely N-dealkylation sites (N-methyl/N-ethyl adjacent to an activating group) is 1. The average molecular weight is 348 g/mol. The third kappa shape index (κ3) is 5.33. The SMILES string of the molecule is CCOc1ccccc1OCCN1CCN(C2CCCN(C)C2)CC1. The van der Waals surface area contributed by atoms with Crippen LogP contribution in [0.2, 0.25) is 0 Å². The summed E-state index contributed by atoms with van der Waals surface area (Å²) in [7, 11) is 2.25. The molecule has 5 nitrogen and oxygen atoms in total. The first kappa shape index (κ1) is 18.5. The van der Waals surface area contributed by atoms with Gasteiger partial charge in [0.1, 0.15) is 6.61 Å². The fourth-order valence-electron chi connectivity index (χ4n) is 3.92. The van der Waals surface area contributed by atoms with Crippen LogP contribution in [0.5, 0.6) is 11.5 Å². The number of piperazine rings is 1. The molecule has 0 amide bonds. The zero-order valence-electron chi connectivity index (χ0n) is 15.8. The quantitative estimate of drug-likeness (QED) is 0.754. The monoisotopic (exact) mass is 347 g/mol. The Bertz CT molecular complexity index is 517. The van der Waals surface area contributed by atoms with Crippen LogP contribution < -0.4 is 9.47 Å². The first-order valence-corrected chi connectivity index (χ1v) is 9.76. The fourth-order valence-corrected chi connectivity index (χ4v) is 3.92. The molecular formula is C20H33N3O2. The van der Waals surface area contributed by atoms with Crippen LogP contribution >= 0.6 is 0 Å². The maximum atomic E-state index is 5.96. The lowest BCUT2D eigenvalue weighted by Gasteiger charge is -2.42. The molecule has 0 spiro atoms. The standard InChI is InChI=1S/C20H33N3O2/c1-3-24-19-8-4-5-9-20(19)25-16-15-22-11-13-23(14-12-22)18-7-6-10-21(2)17-18/h4-5,8-9,18H,3,6-7,10-17H2,1-2H3. The molecule has 1 aromatic carbocycles. The highest BCUT2D eigenvalue weighted by atomic mass is 16.5. The summed E-state index contributed by atoms with van der Waals surface area (Å²) >= 11 is 0. The zero-order chi connectivity index (χ0) is 17.5. The van der Waals surface area contributed by atoms with Crippen LogP contribution in [-0.2, 0) is 0 Å². The molecule has 3 rings (SSSR count). The molecule has 2 fully saturated rings. The van der Waals surface area contributed by atoms with Crippen molar-refractivity contribution in [2.24, 2.45) is 0 Å². The lowest BCUT2D eigenvalue weighted by atomic mass is 10.0. The second-order valence-corrected chi connectivity index (χ2v) is 7.16. The van der Waals surface area contributed by atoms with E-state index >= 15 is 0 Å². The fraction of sp³-hybridized carbons (Fsp3) is 0.700. The molecule has 0 saturated carbocycles. The number of rotatable bonds is 7. The predicted octanol–water partition coefficient (Wildman–Crippen LogP) is 2.18. The smallest absolute Gasteiger partial charge is 0.161 e. The Hall–Kier alpha value is -1.30. The molecule has 2 aliphatic heterocycles. The van der Waals surface area contributed by atoms with E-state index in [2.05, 4.69) is 21.7 Å². The van der Waals surface area contributed by atoms with E-state index in [1.807, 2.05) is 31.2 Å². The molecule has 0 aliphatic carbocycles. The molecule has 1 atom stereocenters. The number of piperidine rings is 1. The van der Waals surface area contributed by atoms with Gasteiger partial charge < -0.3 is 14.4 Å². The van der Waals surface area contributed by atoms with Gasteiger partial charge in [-0.1, -0.05) is 12.1 Å². The highest BCUT2D eigenvalue weighted by Gasteiger charge is 2.26.